The van der Waals surface area contributed by atoms with Crippen molar-refractivity contribution in [3.63, 3.8) is 0 Å². The molecule has 0 spiro atoms. The van der Waals surface area contributed by atoms with E-state index < -0.39 is 0 Å². The van der Waals surface area contributed by atoms with Crippen LogP contribution in [0.3, 0.4) is 0 Å². The van der Waals surface area contributed by atoms with Crippen molar-refractivity contribution in [2.45, 2.75) is 23.3 Å². The second kappa shape index (κ2) is 1.99. The Bertz CT molecular complexity index is 184. The van der Waals surface area contributed by atoms with E-state index in [1.54, 1.807) is 0 Å². The summed E-state index contributed by atoms with van der Waals surface area (Å²) in [7, 11) is 0. The van der Waals surface area contributed by atoms with Crippen LogP contribution >= 0.6 is 11.8 Å². The molecule has 0 saturated carbocycles. The van der Waals surface area contributed by atoms with Crippen LogP contribution in [0, 0.1) is 0 Å². The van der Waals surface area contributed by atoms with Crippen molar-refractivity contribution in [2.24, 2.45) is 0 Å². The van der Waals surface area contributed by atoms with Crippen molar-refractivity contribution in [3.05, 3.63) is 0 Å². The predicted octanol–water partition coefficient (Wildman–Crippen LogP) is -0.0930. The van der Waals surface area contributed by atoms with Crippen molar-refractivity contribution < 1.29 is 9.59 Å². The molecule has 2 rings (SSSR count). The lowest BCUT2D eigenvalue weighted by Crippen LogP contribution is -2.43. The maximum atomic E-state index is 10.9. The second-order valence-corrected chi connectivity index (χ2v) is 3.95. The van der Waals surface area contributed by atoms with E-state index >= 15 is 0 Å². The van der Waals surface area contributed by atoms with Crippen LogP contribution in [0.4, 0.5) is 0 Å². The first kappa shape index (κ1) is 6.22. The molecular weight excluding hydrogens is 150 g/mol. The lowest BCUT2D eigenvalue weighted by molar-refractivity contribution is -0.129. The summed E-state index contributed by atoms with van der Waals surface area (Å²) in [5.74, 6) is -0.187. The highest BCUT2D eigenvalue weighted by molar-refractivity contribution is 8.02. The van der Waals surface area contributed by atoms with Crippen LogP contribution in [-0.2, 0) is 9.59 Å². The first-order valence-corrected chi connectivity index (χ1v) is 4.22. The van der Waals surface area contributed by atoms with Gasteiger partial charge in [0.25, 0.3) is 0 Å². The van der Waals surface area contributed by atoms with Gasteiger partial charge in [-0.25, -0.2) is 0 Å². The van der Waals surface area contributed by atoms with Crippen molar-refractivity contribution in [3.8, 4) is 0 Å². The van der Waals surface area contributed by atoms with E-state index in [1.165, 1.54) is 11.8 Å². The Labute approximate surface area is 62.5 Å². The third-order valence-corrected chi connectivity index (χ3v) is 3.41. The SMILES string of the molecule is O=C1NC(=O)C2CCC1S2. The maximum Gasteiger partial charge on any atom is 0.239 e. The van der Waals surface area contributed by atoms with Gasteiger partial charge < -0.3 is 0 Å². The van der Waals surface area contributed by atoms with Gasteiger partial charge in [-0.15, -0.1) is 11.8 Å². The van der Waals surface area contributed by atoms with E-state index in [1.807, 2.05) is 0 Å². The molecule has 10 heavy (non-hydrogen) atoms. The van der Waals surface area contributed by atoms with Gasteiger partial charge in [0.2, 0.25) is 11.8 Å². The minimum absolute atomic E-state index is 0.0581. The molecule has 3 nitrogen and oxygen atoms in total. The highest BCUT2D eigenvalue weighted by atomic mass is 32.2. The van der Waals surface area contributed by atoms with Gasteiger partial charge in [-0.05, 0) is 12.8 Å². The number of fused-ring (bicyclic) bond motifs is 2. The summed E-state index contributed by atoms with van der Waals surface area (Å²) >= 11 is 1.51. The molecule has 2 unspecified atom stereocenters. The number of imide groups is 1. The first-order chi connectivity index (χ1) is 4.77. The van der Waals surface area contributed by atoms with Crippen molar-refractivity contribution in [1.82, 2.24) is 5.32 Å². The summed E-state index contributed by atoms with van der Waals surface area (Å²) in [5, 5.41) is 2.46. The molecule has 0 radical (unpaired) electrons. The van der Waals surface area contributed by atoms with Crippen molar-refractivity contribution in [1.29, 1.82) is 0 Å². The van der Waals surface area contributed by atoms with Gasteiger partial charge >= 0.3 is 0 Å². The minimum Gasteiger partial charge on any atom is -0.295 e. The molecule has 2 aliphatic heterocycles. The van der Waals surface area contributed by atoms with Crippen LogP contribution in [0.1, 0.15) is 12.8 Å². The van der Waals surface area contributed by atoms with Gasteiger partial charge in [-0.3, -0.25) is 14.9 Å². The molecule has 0 aliphatic carbocycles. The largest absolute Gasteiger partial charge is 0.295 e. The smallest absolute Gasteiger partial charge is 0.239 e. The lowest BCUT2D eigenvalue weighted by atomic mass is 10.2. The van der Waals surface area contributed by atoms with E-state index in [4.69, 9.17) is 0 Å². The number of amides is 2. The molecule has 2 heterocycles. The van der Waals surface area contributed by atoms with E-state index in [0.29, 0.717) is 0 Å². The fourth-order valence-electron chi connectivity index (χ4n) is 1.31. The van der Waals surface area contributed by atoms with Crippen LogP contribution in [0.15, 0.2) is 0 Å². The number of carbonyl (C=O) groups excluding carboxylic acids is 2. The Balaban J connectivity index is 2.24. The molecule has 2 aliphatic rings. The van der Waals surface area contributed by atoms with Crippen LogP contribution in [0.5, 0.6) is 0 Å². The van der Waals surface area contributed by atoms with Gasteiger partial charge in [0, 0.05) is 0 Å². The second-order valence-electron chi connectivity index (χ2n) is 2.54. The highest BCUT2D eigenvalue weighted by Gasteiger charge is 2.40. The summed E-state index contributed by atoms with van der Waals surface area (Å²) in [6, 6.07) is 0. The van der Waals surface area contributed by atoms with E-state index in [0.717, 1.165) is 12.8 Å². The van der Waals surface area contributed by atoms with Gasteiger partial charge in [-0.2, -0.15) is 0 Å². The summed E-state index contributed by atoms with van der Waals surface area (Å²) in [5.41, 5.74) is 0. The normalized spacial score (nSPS) is 38.0. The number of nitrogens with one attached hydrogen (secondary N) is 1. The predicted molar refractivity (Wildman–Crippen MR) is 37.6 cm³/mol. The van der Waals surface area contributed by atoms with E-state index in [2.05, 4.69) is 5.32 Å². The van der Waals surface area contributed by atoms with Gasteiger partial charge in [0.05, 0.1) is 10.5 Å². The molecule has 2 fully saturated rings. The molecule has 54 valence electrons. The molecule has 1 N–H and O–H groups in total. The molecular formula is C6H7NO2S. The quantitative estimate of drug-likeness (QED) is 0.500. The van der Waals surface area contributed by atoms with Gasteiger partial charge in [-0.1, -0.05) is 0 Å². The average Bonchev–Trinajstić information content (AvgIpc) is 2.28. The summed E-state index contributed by atoms with van der Waals surface area (Å²) in [4.78, 5) is 21.8. The summed E-state index contributed by atoms with van der Waals surface area (Å²) in [6.07, 6.45) is 1.74. The zero-order chi connectivity index (χ0) is 7.14. The van der Waals surface area contributed by atoms with E-state index in [9.17, 15) is 9.59 Å². The first-order valence-electron chi connectivity index (χ1n) is 3.27. The Hall–Kier alpha value is -0.510. The average molecular weight is 157 g/mol. The number of carbonyl (C=O) groups is 2. The molecule has 0 aromatic rings. The number of hydrogen-bond acceptors (Lipinski definition) is 3. The lowest BCUT2D eigenvalue weighted by Gasteiger charge is -2.16. The monoisotopic (exact) mass is 157 g/mol. The number of thioether (sulfide) groups is 1. The van der Waals surface area contributed by atoms with Gasteiger partial charge in [0.15, 0.2) is 0 Å². The molecule has 2 amide bonds. The third kappa shape index (κ3) is 0.751. The van der Waals surface area contributed by atoms with Crippen LogP contribution in [0.2, 0.25) is 0 Å². The Morgan fingerprint density at radius 1 is 1.20 bits per heavy atom. The molecule has 0 aromatic heterocycles. The zero-order valence-electron chi connectivity index (χ0n) is 5.29. The van der Waals surface area contributed by atoms with Crippen LogP contribution in [-0.4, -0.2) is 22.3 Å². The standard InChI is InChI=1S/C6H7NO2S/c8-5-3-1-2-4(10-3)6(9)7-5/h3-4H,1-2H2,(H,7,8,9). The minimum atomic E-state index is -0.0937. The fourth-order valence-corrected chi connectivity index (χ4v) is 2.61. The van der Waals surface area contributed by atoms with Crippen LogP contribution in [0.25, 0.3) is 0 Å². The summed E-state index contributed by atoms with van der Waals surface area (Å²) in [6.45, 7) is 0. The highest BCUT2D eigenvalue weighted by Crippen LogP contribution is 2.36. The Morgan fingerprint density at radius 2 is 1.70 bits per heavy atom. The molecule has 2 atom stereocenters. The molecule has 2 bridgehead atoms. The van der Waals surface area contributed by atoms with Crippen molar-refractivity contribution >= 4 is 23.6 Å². The number of rotatable bonds is 0. The third-order valence-electron chi connectivity index (χ3n) is 1.85. The molecule has 4 heteroatoms. The van der Waals surface area contributed by atoms with Crippen LogP contribution < -0.4 is 5.32 Å². The Kier molecular flexibility index (Phi) is 1.23. The van der Waals surface area contributed by atoms with Gasteiger partial charge in [0.1, 0.15) is 0 Å². The van der Waals surface area contributed by atoms with Crippen molar-refractivity contribution in [2.75, 3.05) is 0 Å². The zero-order valence-corrected chi connectivity index (χ0v) is 6.11. The molecule has 2 saturated heterocycles. The van der Waals surface area contributed by atoms with E-state index in [-0.39, 0.29) is 22.3 Å². The topological polar surface area (TPSA) is 46.2 Å². The summed E-state index contributed by atoms with van der Waals surface area (Å²) < 4.78 is 0. The maximum absolute atomic E-state index is 10.9. The Morgan fingerprint density at radius 3 is 2.20 bits per heavy atom. The number of hydrogen-bond donors (Lipinski definition) is 1. The fraction of sp³-hybridized carbons (Fsp3) is 0.667. The molecule has 0 aromatic carbocycles.